The van der Waals surface area contributed by atoms with E-state index in [4.69, 9.17) is 14.2 Å². The number of carbonyl (C=O) groups is 9. The Balaban J connectivity index is 1.22. The predicted molar refractivity (Wildman–Crippen MR) is 350 cm³/mol. The number of pyridine rings is 1. The van der Waals surface area contributed by atoms with Crippen LogP contribution in [-0.2, 0) is 65.0 Å². The first-order valence-corrected chi connectivity index (χ1v) is 33.2. The van der Waals surface area contributed by atoms with Crippen LogP contribution in [0.4, 0.5) is 10.5 Å². The monoisotopic (exact) mass is 1380 g/mol. The number of aliphatic hydroxyl groups is 1. The van der Waals surface area contributed by atoms with Gasteiger partial charge in [-0.15, -0.1) is 0 Å². The molecule has 3 aromatic rings. The molecule has 1 fully saturated rings. The number of likely N-dealkylation sites (N-methyl/N-ethyl adjacent to an activating group) is 2. The molecule has 0 spiro atoms. The molecule has 1 saturated heterocycles. The van der Waals surface area contributed by atoms with Gasteiger partial charge in [0.1, 0.15) is 18.7 Å². The lowest BCUT2D eigenvalue weighted by molar-refractivity contribution is -0.146. The fourth-order valence-corrected chi connectivity index (χ4v) is 11.7. The number of anilines is 1. The topological polar surface area (TPSA) is 296 Å². The van der Waals surface area contributed by atoms with Crippen molar-refractivity contribution in [3.63, 3.8) is 0 Å². The summed E-state index contributed by atoms with van der Waals surface area (Å²) in [6, 6.07) is 15.5. The first-order chi connectivity index (χ1) is 42.8. The van der Waals surface area contributed by atoms with Crippen LogP contribution in [0.15, 0.2) is 66.7 Å². The number of rotatable bonds is 36. The predicted octanol–water partition coefficient (Wildman–Crippen LogP) is 6.93. The van der Waals surface area contributed by atoms with Gasteiger partial charge in [-0.05, 0) is 85.8 Å². The molecule has 1 aliphatic heterocycles. The number of carbonyl (C=O) groups excluding carboxylic acids is 9. The van der Waals surface area contributed by atoms with Gasteiger partial charge in [0, 0.05) is 69.7 Å². The van der Waals surface area contributed by atoms with E-state index in [1.807, 2.05) is 32.0 Å². The average Bonchev–Trinajstić information content (AvgIpc) is 3.12. The summed E-state index contributed by atoms with van der Waals surface area (Å²) in [5.41, 5.74) is 3.70. The van der Waals surface area contributed by atoms with Crippen molar-refractivity contribution in [2.45, 2.75) is 173 Å². The number of aromatic nitrogens is 1. The number of amides is 9. The molecule has 7 N–H and O–H groups in total. The van der Waals surface area contributed by atoms with Gasteiger partial charge < -0.3 is 61.0 Å². The Hall–Kier alpha value is -6.54. The molecule has 23 nitrogen and oxygen atoms in total. The normalized spacial score (nSPS) is 16.1. The third-order valence-electron chi connectivity index (χ3n) is 16.4. The van der Waals surface area contributed by atoms with Crippen LogP contribution in [0.2, 0.25) is 0 Å². The third-order valence-corrected chi connectivity index (χ3v) is 17.6. The Morgan fingerprint density at radius 3 is 1.98 bits per heavy atom. The quantitative estimate of drug-likeness (QED) is 0.0230. The lowest BCUT2D eigenvalue weighted by Crippen LogP contribution is -2.56. The molecule has 2 heterocycles. The van der Waals surface area contributed by atoms with Crippen LogP contribution in [0.5, 0.6) is 0 Å². The molecule has 0 bridgehead atoms. The Morgan fingerprint density at radius 2 is 1.39 bits per heavy atom. The second-order valence-corrected chi connectivity index (χ2v) is 24.9. The number of methoxy groups -OCH3 is 2. The maximum absolute atomic E-state index is 14.3. The molecule has 0 radical (unpaired) electrons. The van der Waals surface area contributed by atoms with Crippen molar-refractivity contribution in [3.05, 3.63) is 94.8 Å². The fourth-order valence-electron chi connectivity index (χ4n) is 11.1. The standard InChI is InChI=1S/C65H96Br2N10O13/c1-13-41(6)58(51(88-11)33-54(80)77-30-20-23-50(77)60(89-12)42(7)61(83)71-43(8)59(82)45-21-16-14-17-22-45)75(9)55(81)37-70-64(86)57(40(4)5)76(10)65(87)90-38-44-25-27-47(28-26-44)73-53(79)36-69-63(85)56(39(2)3)74-52(78)24-18-15-19-29-68-62(84)46-31-48(34-66)72-49(32-46)35-67/h14,16-17,21-22,25-28,31-32,39-43,50-51,56-60,82H,13,15,18-20,23-24,29-30,33-38H2,1-12H3,(H,68,84)(H,69,85)(H,70,86)(H,71,83)(H,73,79)(H,74,78)/t41-,42+,43+,50-,51+,56?,57?,58?,59+,60+/m0/s1. The number of benzene rings is 2. The molecule has 25 heteroatoms. The summed E-state index contributed by atoms with van der Waals surface area (Å²) >= 11 is 6.77. The number of nitrogens with one attached hydrogen (secondary N) is 6. The van der Waals surface area contributed by atoms with Crippen LogP contribution in [-0.4, -0.2) is 175 Å². The van der Waals surface area contributed by atoms with Gasteiger partial charge in [-0.1, -0.05) is 136 Å². The zero-order valence-corrected chi connectivity index (χ0v) is 57.4. The minimum Gasteiger partial charge on any atom is -0.445 e. The summed E-state index contributed by atoms with van der Waals surface area (Å²) in [5, 5.41) is 28.6. The van der Waals surface area contributed by atoms with Crippen LogP contribution in [0.25, 0.3) is 0 Å². The number of aliphatic hydroxyl groups excluding tert-OH is 1. The van der Waals surface area contributed by atoms with Crippen molar-refractivity contribution in [1.29, 1.82) is 0 Å². The Kier molecular flexibility index (Phi) is 32.3. The zero-order valence-electron chi connectivity index (χ0n) is 54.3. The first kappa shape index (κ1) is 75.9. The van der Waals surface area contributed by atoms with Crippen molar-refractivity contribution in [3.8, 4) is 0 Å². The largest absolute Gasteiger partial charge is 0.445 e. The molecular weight excluding hydrogens is 1290 g/mol. The molecule has 2 aromatic carbocycles. The molecule has 90 heavy (non-hydrogen) atoms. The number of ether oxygens (including phenoxy) is 3. The van der Waals surface area contributed by atoms with Gasteiger partial charge in [0.2, 0.25) is 41.4 Å². The van der Waals surface area contributed by atoms with Gasteiger partial charge in [-0.2, -0.15) is 0 Å². The number of unbranched alkanes of at least 4 members (excludes halogenated alkanes) is 2. The van der Waals surface area contributed by atoms with Crippen molar-refractivity contribution >= 4 is 90.9 Å². The summed E-state index contributed by atoms with van der Waals surface area (Å²) in [4.78, 5) is 130. The highest BCUT2D eigenvalue weighted by atomic mass is 79.9. The Labute approximate surface area is 547 Å². The second kappa shape index (κ2) is 38.3. The molecule has 1 aromatic heterocycles. The molecule has 0 saturated carbocycles. The van der Waals surface area contributed by atoms with E-state index < -0.39 is 96.6 Å². The van der Waals surface area contributed by atoms with Gasteiger partial charge in [0.15, 0.2) is 0 Å². The number of hydrogen-bond acceptors (Lipinski definition) is 14. The highest BCUT2D eigenvalue weighted by Crippen LogP contribution is 2.30. The highest BCUT2D eigenvalue weighted by molar-refractivity contribution is 9.08. The number of alkyl halides is 2. The summed E-state index contributed by atoms with van der Waals surface area (Å²) in [6.07, 6.45) is 0.835. The van der Waals surface area contributed by atoms with Crippen molar-refractivity contribution < 1.29 is 62.5 Å². The fraction of sp³-hybridized carbons (Fsp3) is 0.600. The molecule has 9 amide bonds. The number of nitrogens with zero attached hydrogens (tertiary/aromatic N) is 4. The average molecular weight is 1390 g/mol. The number of hydrogen-bond donors (Lipinski definition) is 7. The Bertz CT molecular complexity index is 2810. The number of likely N-dealkylation sites (tertiary alicyclic amines) is 1. The SMILES string of the molecule is CC[C@H](C)C([C@@H](CC(=O)N1CCC[C@H]1[C@H](OC)[C@@H](C)C(=O)N[C@H](C)[C@@H](O)c1ccccc1)OC)N(C)C(=O)CNC(=O)C(C(C)C)N(C)C(=O)OCc1ccc(NC(=O)CNC(=O)C(NC(=O)CCCCCNC(=O)c2cc(CBr)nc(CBr)c2)C(C)C)cc1. The molecule has 3 unspecified atom stereocenters. The molecular formula is C65H96Br2N10O13. The third kappa shape index (κ3) is 23.0. The minimum absolute atomic E-state index is 0.0701. The smallest absolute Gasteiger partial charge is 0.410 e. The summed E-state index contributed by atoms with van der Waals surface area (Å²) in [5.74, 6) is -4.56. The van der Waals surface area contributed by atoms with E-state index in [1.165, 1.54) is 31.1 Å². The summed E-state index contributed by atoms with van der Waals surface area (Å²) in [6.45, 7) is 14.5. The van der Waals surface area contributed by atoms with Crippen LogP contribution >= 0.6 is 31.9 Å². The summed E-state index contributed by atoms with van der Waals surface area (Å²) in [7, 11) is 6.05. The second-order valence-electron chi connectivity index (χ2n) is 23.8. The first-order valence-electron chi connectivity index (χ1n) is 31.0. The zero-order chi connectivity index (χ0) is 66.8. The molecule has 498 valence electrons. The highest BCUT2D eigenvalue weighted by Gasteiger charge is 2.43. The van der Waals surface area contributed by atoms with Gasteiger partial charge in [-0.25, -0.2) is 4.79 Å². The van der Waals surface area contributed by atoms with E-state index in [2.05, 4.69) is 68.7 Å². The van der Waals surface area contributed by atoms with E-state index in [0.29, 0.717) is 84.7 Å². The van der Waals surface area contributed by atoms with Crippen molar-refractivity contribution in [2.75, 3.05) is 59.8 Å². The van der Waals surface area contributed by atoms with Gasteiger partial charge >= 0.3 is 6.09 Å². The summed E-state index contributed by atoms with van der Waals surface area (Å²) < 4.78 is 17.5. The van der Waals surface area contributed by atoms with Gasteiger partial charge in [-0.3, -0.25) is 48.2 Å². The molecule has 4 rings (SSSR count). The van der Waals surface area contributed by atoms with Crippen LogP contribution in [0, 0.1) is 23.7 Å². The van der Waals surface area contributed by atoms with E-state index in [1.54, 1.807) is 102 Å². The lowest BCUT2D eigenvalue weighted by atomic mass is 9.90. The van der Waals surface area contributed by atoms with E-state index in [-0.39, 0.29) is 61.5 Å². The minimum atomic E-state index is -1.03. The van der Waals surface area contributed by atoms with Gasteiger partial charge in [0.05, 0.1) is 73.3 Å². The van der Waals surface area contributed by atoms with E-state index in [9.17, 15) is 48.3 Å². The molecule has 0 aliphatic carbocycles. The lowest BCUT2D eigenvalue weighted by Gasteiger charge is -2.39. The molecule has 10 atom stereocenters. The van der Waals surface area contributed by atoms with Crippen LogP contribution in [0.1, 0.15) is 146 Å². The Morgan fingerprint density at radius 1 is 0.744 bits per heavy atom. The van der Waals surface area contributed by atoms with Crippen LogP contribution < -0.4 is 31.9 Å². The maximum Gasteiger partial charge on any atom is 0.410 e. The van der Waals surface area contributed by atoms with E-state index in [0.717, 1.165) is 11.4 Å². The number of halogens is 2. The van der Waals surface area contributed by atoms with Crippen molar-refractivity contribution in [1.82, 2.24) is 46.3 Å². The van der Waals surface area contributed by atoms with E-state index >= 15 is 0 Å². The van der Waals surface area contributed by atoms with Gasteiger partial charge in [0.25, 0.3) is 5.91 Å². The maximum atomic E-state index is 14.3. The molecule has 1 aliphatic rings. The van der Waals surface area contributed by atoms with Crippen molar-refractivity contribution in [2.24, 2.45) is 23.7 Å². The van der Waals surface area contributed by atoms with Crippen LogP contribution in [0.3, 0.4) is 0 Å².